The molecule has 1 aliphatic rings. The van der Waals surface area contributed by atoms with Gasteiger partial charge in [-0.25, -0.2) is 4.98 Å². The molecular formula is C19H24N4O. The summed E-state index contributed by atoms with van der Waals surface area (Å²) in [4.78, 5) is 24.1. The maximum Gasteiger partial charge on any atom is 0.213 e. The first-order valence-corrected chi connectivity index (χ1v) is 8.62. The second-order valence-electron chi connectivity index (χ2n) is 6.13. The SMILES string of the molecule is CCc1cnc(C)c(C(=O)c2cccc(N3CCCNCC3)n2)c1. The van der Waals surface area contributed by atoms with Crippen molar-refractivity contribution in [2.45, 2.75) is 26.7 Å². The quantitative estimate of drug-likeness (QED) is 0.875. The molecule has 0 aliphatic carbocycles. The van der Waals surface area contributed by atoms with Crippen molar-refractivity contribution >= 4 is 11.6 Å². The Morgan fingerprint density at radius 3 is 3.00 bits per heavy atom. The predicted molar refractivity (Wildman–Crippen MR) is 95.7 cm³/mol. The number of ketones is 1. The lowest BCUT2D eigenvalue weighted by Crippen LogP contribution is -2.29. The van der Waals surface area contributed by atoms with Gasteiger partial charge in [-0.2, -0.15) is 0 Å². The largest absolute Gasteiger partial charge is 0.355 e. The second-order valence-corrected chi connectivity index (χ2v) is 6.13. The molecule has 2 aromatic rings. The number of anilines is 1. The fraction of sp³-hybridized carbons (Fsp3) is 0.421. The molecule has 0 aromatic carbocycles. The van der Waals surface area contributed by atoms with Crippen molar-refractivity contribution < 1.29 is 4.79 Å². The lowest BCUT2D eigenvalue weighted by atomic mass is 10.0. The molecule has 1 aliphatic heterocycles. The van der Waals surface area contributed by atoms with Crippen LogP contribution in [0.3, 0.4) is 0 Å². The van der Waals surface area contributed by atoms with E-state index in [2.05, 4.69) is 27.1 Å². The number of pyridine rings is 2. The molecule has 0 amide bonds. The van der Waals surface area contributed by atoms with Crippen molar-refractivity contribution in [1.29, 1.82) is 0 Å². The van der Waals surface area contributed by atoms with E-state index in [-0.39, 0.29) is 5.78 Å². The summed E-state index contributed by atoms with van der Waals surface area (Å²) < 4.78 is 0. The van der Waals surface area contributed by atoms with Crippen LogP contribution >= 0.6 is 0 Å². The summed E-state index contributed by atoms with van der Waals surface area (Å²) in [5.74, 6) is 0.826. The van der Waals surface area contributed by atoms with Gasteiger partial charge in [0.15, 0.2) is 0 Å². The highest BCUT2D eigenvalue weighted by Gasteiger charge is 2.17. The molecule has 0 atom stereocenters. The average Bonchev–Trinajstić information content (AvgIpc) is 2.91. The van der Waals surface area contributed by atoms with Crippen molar-refractivity contribution in [3.63, 3.8) is 0 Å². The molecule has 3 heterocycles. The molecule has 5 nitrogen and oxygen atoms in total. The zero-order valence-corrected chi connectivity index (χ0v) is 14.4. The van der Waals surface area contributed by atoms with Gasteiger partial charge >= 0.3 is 0 Å². The van der Waals surface area contributed by atoms with E-state index in [1.165, 1.54) is 0 Å². The minimum Gasteiger partial charge on any atom is -0.355 e. The van der Waals surface area contributed by atoms with Crippen molar-refractivity contribution in [3.05, 3.63) is 53.0 Å². The van der Waals surface area contributed by atoms with Gasteiger partial charge in [-0.3, -0.25) is 9.78 Å². The fourth-order valence-corrected chi connectivity index (χ4v) is 2.94. The van der Waals surface area contributed by atoms with Crippen LogP contribution in [0.1, 0.15) is 40.7 Å². The summed E-state index contributed by atoms with van der Waals surface area (Å²) >= 11 is 0. The van der Waals surface area contributed by atoms with Crippen molar-refractivity contribution in [2.24, 2.45) is 0 Å². The van der Waals surface area contributed by atoms with E-state index in [1.807, 2.05) is 31.3 Å². The van der Waals surface area contributed by atoms with Gasteiger partial charge in [0.25, 0.3) is 0 Å². The van der Waals surface area contributed by atoms with Gasteiger partial charge in [0.1, 0.15) is 11.5 Å². The Morgan fingerprint density at radius 2 is 2.17 bits per heavy atom. The number of hydrogen-bond acceptors (Lipinski definition) is 5. The van der Waals surface area contributed by atoms with Crippen LogP contribution in [-0.4, -0.2) is 41.9 Å². The summed E-state index contributed by atoms with van der Waals surface area (Å²) in [6, 6.07) is 7.63. The van der Waals surface area contributed by atoms with Gasteiger partial charge in [0.2, 0.25) is 5.78 Å². The zero-order chi connectivity index (χ0) is 16.9. The highest BCUT2D eigenvalue weighted by Crippen LogP contribution is 2.17. The topological polar surface area (TPSA) is 58.1 Å². The summed E-state index contributed by atoms with van der Waals surface area (Å²) in [7, 11) is 0. The Balaban J connectivity index is 1.89. The molecule has 0 spiro atoms. The Labute approximate surface area is 143 Å². The molecule has 3 rings (SSSR count). The van der Waals surface area contributed by atoms with Crippen molar-refractivity contribution in [3.8, 4) is 0 Å². The van der Waals surface area contributed by atoms with Crippen LogP contribution in [0.5, 0.6) is 0 Å². The number of rotatable bonds is 4. The number of nitrogens with one attached hydrogen (secondary N) is 1. The lowest BCUT2D eigenvalue weighted by molar-refractivity contribution is 0.103. The highest BCUT2D eigenvalue weighted by molar-refractivity contribution is 6.08. The molecule has 126 valence electrons. The normalized spacial score (nSPS) is 15.2. The number of aromatic nitrogens is 2. The van der Waals surface area contributed by atoms with Crippen molar-refractivity contribution in [2.75, 3.05) is 31.1 Å². The highest BCUT2D eigenvalue weighted by atomic mass is 16.1. The molecule has 1 saturated heterocycles. The van der Waals surface area contributed by atoms with Crippen LogP contribution in [0.2, 0.25) is 0 Å². The predicted octanol–water partition coefficient (Wildman–Crippen LogP) is 2.38. The maximum atomic E-state index is 12.9. The Kier molecular flexibility index (Phi) is 5.20. The minimum atomic E-state index is -0.0508. The van der Waals surface area contributed by atoms with Crippen LogP contribution in [0.15, 0.2) is 30.5 Å². The summed E-state index contributed by atoms with van der Waals surface area (Å²) in [5.41, 5.74) is 2.96. The molecule has 5 heteroatoms. The third-order valence-corrected chi connectivity index (χ3v) is 4.43. The van der Waals surface area contributed by atoms with E-state index >= 15 is 0 Å². The van der Waals surface area contributed by atoms with Gasteiger partial charge < -0.3 is 10.2 Å². The molecule has 0 saturated carbocycles. The van der Waals surface area contributed by atoms with Crippen LogP contribution in [0, 0.1) is 6.92 Å². The van der Waals surface area contributed by atoms with Gasteiger partial charge in [0, 0.05) is 37.1 Å². The van der Waals surface area contributed by atoms with Crippen LogP contribution in [0.25, 0.3) is 0 Å². The van der Waals surface area contributed by atoms with E-state index in [4.69, 9.17) is 0 Å². The molecule has 0 bridgehead atoms. The van der Waals surface area contributed by atoms with Gasteiger partial charge in [-0.05, 0) is 50.1 Å². The van der Waals surface area contributed by atoms with E-state index in [1.54, 1.807) is 6.07 Å². The lowest BCUT2D eigenvalue weighted by Gasteiger charge is -2.21. The van der Waals surface area contributed by atoms with E-state index in [0.29, 0.717) is 11.3 Å². The van der Waals surface area contributed by atoms with Crippen LogP contribution in [-0.2, 0) is 6.42 Å². The maximum absolute atomic E-state index is 12.9. The zero-order valence-electron chi connectivity index (χ0n) is 14.4. The standard InChI is InChI=1S/C19H24N4O/c1-3-15-12-16(14(2)21-13-15)19(24)17-6-4-7-18(22-17)23-10-5-8-20-9-11-23/h4,6-7,12-13,20H,3,5,8-11H2,1-2H3. The molecule has 2 aromatic heterocycles. The monoisotopic (exact) mass is 324 g/mol. The summed E-state index contributed by atoms with van der Waals surface area (Å²) in [6.45, 7) is 7.79. The first kappa shape index (κ1) is 16.6. The smallest absolute Gasteiger partial charge is 0.213 e. The average molecular weight is 324 g/mol. The number of aryl methyl sites for hydroxylation is 2. The van der Waals surface area contributed by atoms with Gasteiger partial charge in [0.05, 0.1) is 0 Å². The number of hydrogen-bond donors (Lipinski definition) is 1. The summed E-state index contributed by atoms with van der Waals surface area (Å²) in [5, 5.41) is 3.39. The van der Waals surface area contributed by atoms with E-state index in [0.717, 1.165) is 56.1 Å². The molecule has 0 radical (unpaired) electrons. The summed E-state index contributed by atoms with van der Waals surface area (Å²) in [6.07, 6.45) is 3.78. The van der Waals surface area contributed by atoms with Crippen molar-refractivity contribution in [1.82, 2.24) is 15.3 Å². The number of carbonyl (C=O) groups is 1. The minimum absolute atomic E-state index is 0.0508. The number of carbonyl (C=O) groups excluding carboxylic acids is 1. The van der Waals surface area contributed by atoms with E-state index < -0.39 is 0 Å². The fourth-order valence-electron chi connectivity index (χ4n) is 2.94. The van der Waals surface area contributed by atoms with Gasteiger partial charge in [-0.15, -0.1) is 0 Å². The van der Waals surface area contributed by atoms with Gasteiger partial charge in [-0.1, -0.05) is 13.0 Å². The second kappa shape index (κ2) is 7.53. The molecule has 1 N–H and O–H groups in total. The third-order valence-electron chi connectivity index (χ3n) is 4.43. The first-order valence-electron chi connectivity index (χ1n) is 8.62. The van der Waals surface area contributed by atoms with Crippen LogP contribution in [0.4, 0.5) is 5.82 Å². The Morgan fingerprint density at radius 1 is 1.29 bits per heavy atom. The molecular weight excluding hydrogens is 300 g/mol. The van der Waals surface area contributed by atoms with Crippen LogP contribution < -0.4 is 10.2 Å². The molecule has 0 unspecified atom stereocenters. The Bertz CT molecular complexity index is 721. The third kappa shape index (κ3) is 3.62. The molecule has 1 fully saturated rings. The number of nitrogens with zero attached hydrogens (tertiary/aromatic N) is 3. The van der Waals surface area contributed by atoms with E-state index in [9.17, 15) is 4.79 Å². The Hall–Kier alpha value is -2.27. The molecule has 24 heavy (non-hydrogen) atoms. The first-order chi connectivity index (χ1) is 11.7.